The number of esters is 2. The van der Waals surface area contributed by atoms with E-state index >= 15 is 0 Å². The van der Waals surface area contributed by atoms with Crippen molar-refractivity contribution in [3.63, 3.8) is 0 Å². The molecule has 0 aromatic carbocycles. The largest absolute Gasteiger partial charge is 0.544 e. The van der Waals surface area contributed by atoms with Crippen LogP contribution < -0.4 is 5.11 Å². The molecule has 8 nitrogen and oxygen atoms in total. The van der Waals surface area contributed by atoms with E-state index < -0.39 is 18.1 Å². The SMILES string of the molecule is CC/C=C/C/C=C/C/C=C/C/C=C/CCCCCCCCC(=O)OCC(COCCC(C(=O)[O-])[N+](C)(C)C)OC(=O)CCCCCCCCCCCCCCCCC. The number of allylic oxidation sites excluding steroid dienone is 8. The normalized spacial score (nSPS) is 13.3. The predicted octanol–water partition coefficient (Wildman–Crippen LogP) is 11.9. The predicted molar refractivity (Wildman–Crippen MR) is 240 cm³/mol. The van der Waals surface area contributed by atoms with Gasteiger partial charge in [-0.1, -0.05) is 178 Å². The van der Waals surface area contributed by atoms with Crippen molar-refractivity contribution in [3.05, 3.63) is 48.6 Å². The van der Waals surface area contributed by atoms with E-state index in [9.17, 15) is 19.5 Å². The highest BCUT2D eigenvalue weighted by Crippen LogP contribution is 2.15. The second-order valence-electron chi connectivity index (χ2n) is 17.0. The summed E-state index contributed by atoms with van der Waals surface area (Å²) >= 11 is 0. The van der Waals surface area contributed by atoms with Crippen LogP contribution in [0.15, 0.2) is 48.6 Å². The van der Waals surface area contributed by atoms with Crippen molar-refractivity contribution in [2.24, 2.45) is 0 Å². The molecule has 0 spiro atoms. The molecule has 0 aliphatic rings. The average molecular weight is 816 g/mol. The van der Waals surface area contributed by atoms with Gasteiger partial charge in [-0.2, -0.15) is 0 Å². The maximum Gasteiger partial charge on any atom is 0.306 e. The fourth-order valence-corrected chi connectivity index (χ4v) is 6.83. The number of likely N-dealkylation sites (N-methyl/N-ethyl adjacent to an activating group) is 1. The maximum absolute atomic E-state index is 12.7. The summed E-state index contributed by atoms with van der Waals surface area (Å²) in [5, 5.41) is 11.6. The van der Waals surface area contributed by atoms with E-state index in [-0.39, 0.29) is 42.7 Å². The highest BCUT2D eigenvalue weighted by molar-refractivity contribution is 5.70. The zero-order valence-corrected chi connectivity index (χ0v) is 38.2. The summed E-state index contributed by atoms with van der Waals surface area (Å²) in [7, 11) is 5.41. The molecular formula is C50H89NO7. The number of rotatable bonds is 42. The molecule has 0 amide bonds. The molecule has 0 saturated heterocycles. The smallest absolute Gasteiger partial charge is 0.306 e. The number of ether oxygens (including phenoxy) is 3. The number of carbonyl (C=O) groups is 3. The number of hydrogen-bond acceptors (Lipinski definition) is 7. The van der Waals surface area contributed by atoms with Gasteiger partial charge in [0.1, 0.15) is 12.6 Å². The van der Waals surface area contributed by atoms with Crippen LogP contribution in [0.2, 0.25) is 0 Å². The van der Waals surface area contributed by atoms with Gasteiger partial charge in [-0.15, -0.1) is 0 Å². The van der Waals surface area contributed by atoms with E-state index in [4.69, 9.17) is 14.2 Å². The summed E-state index contributed by atoms with van der Waals surface area (Å²) in [6.45, 7) is 4.55. The molecular weight excluding hydrogens is 727 g/mol. The van der Waals surface area contributed by atoms with E-state index in [1.807, 2.05) is 0 Å². The Labute approximate surface area is 356 Å². The monoisotopic (exact) mass is 816 g/mol. The standard InChI is InChI=1S/C50H89NO7/c1-6-8-10-12-14-16-18-20-22-23-24-25-27-28-30-32-34-36-38-40-48(52)57-45-46(44-56-43-42-47(50(54)55)51(3,4)5)58-49(53)41-39-37-35-33-31-29-26-21-19-17-15-13-11-9-7-2/h8,10,14,16,20,22,24-25,46-47H,6-7,9,11-13,15,17-19,21,23,26-45H2,1-5H3/b10-8+,16-14+,22-20+,25-24+. The van der Waals surface area contributed by atoms with Crippen LogP contribution >= 0.6 is 0 Å². The Morgan fingerprint density at radius 3 is 1.43 bits per heavy atom. The summed E-state index contributed by atoms with van der Waals surface area (Å²) < 4.78 is 17.2. The minimum atomic E-state index is -1.13. The third kappa shape index (κ3) is 38.8. The molecule has 2 atom stereocenters. The molecule has 0 aromatic heterocycles. The van der Waals surface area contributed by atoms with Gasteiger partial charge in [-0.3, -0.25) is 9.59 Å². The van der Waals surface area contributed by atoms with Gasteiger partial charge in [0.05, 0.1) is 40.3 Å². The fourth-order valence-electron chi connectivity index (χ4n) is 6.83. The summed E-state index contributed by atoms with van der Waals surface area (Å²) in [4.78, 5) is 36.9. The number of hydrogen-bond donors (Lipinski definition) is 0. The molecule has 0 aromatic rings. The third-order valence-corrected chi connectivity index (χ3v) is 10.5. The molecule has 0 rings (SSSR count). The quantitative estimate of drug-likeness (QED) is 0.0262. The second-order valence-corrected chi connectivity index (χ2v) is 17.0. The fraction of sp³-hybridized carbons (Fsp3) is 0.780. The van der Waals surface area contributed by atoms with Crippen LogP contribution in [0, 0.1) is 0 Å². The van der Waals surface area contributed by atoms with Crippen molar-refractivity contribution < 1.29 is 38.2 Å². The van der Waals surface area contributed by atoms with Crippen molar-refractivity contribution in [3.8, 4) is 0 Å². The number of aliphatic carboxylic acids is 1. The Hall–Kier alpha value is -2.71. The molecule has 58 heavy (non-hydrogen) atoms. The molecule has 0 fully saturated rings. The van der Waals surface area contributed by atoms with Gasteiger partial charge in [0.2, 0.25) is 0 Å². The van der Waals surface area contributed by atoms with E-state index in [1.54, 1.807) is 21.1 Å². The highest BCUT2D eigenvalue weighted by Gasteiger charge is 2.25. The Bertz CT molecular complexity index is 1090. The average Bonchev–Trinajstić information content (AvgIpc) is 3.18. The van der Waals surface area contributed by atoms with Crippen LogP contribution in [-0.2, 0) is 28.6 Å². The van der Waals surface area contributed by atoms with Gasteiger partial charge in [-0.05, 0) is 51.4 Å². The van der Waals surface area contributed by atoms with Crippen LogP contribution in [0.5, 0.6) is 0 Å². The van der Waals surface area contributed by atoms with Crippen molar-refractivity contribution in [1.29, 1.82) is 0 Å². The van der Waals surface area contributed by atoms with Gasteiger partial charge < -0.3 is 28.6 Å². The van der Waals surface area contributed by atoms with Crippen LogP contribution in [0.4, 0.5) is 0 Å². The molecule has 8 heteroatoms. The molecule has 0 N–H and O–H groups in total. The zero-order valence-electron chi connectivity index (χ0n) is 38.2. The number of nitrogens with zero attached hydrogens (tertiary/aromatic N) is 1. The molecule has 0 bridgehead atoms. The van der Waals surface area contributed by atoms with Crippen molar-refractivity contribution in [1.82, 2.24) is 0 Å². The van der Waals surface area contributed by atoms with E-state index in [0.29, 0.717) is 12.8 Å². The molecule has 0 radical (unpaired) electrons. The maximum atomic E-state index is 12.7. The van der Waals surface area contributed by atoms with Crippen molar-refractivity contribution in [2.75, 3.05) is 41.0 Å². The van der Waals surface area contributed by atoms with Gasteiger partial charge in [0, 0.05) is 19.3 Å². The lowest BCUT2D eigenvalue weighted by Crippen LogP contribution is -2.55. The number of quaternary nitrogens is 1. The molecule has 2 unspecified atom stereocenters. The Morgan fingerprint density at radius 1 is 0.534 bits per heavy atom. The lowest BCUT2D eigenvalue weighted by molar-refractivity contribution is -0.889. The van der Waals surface area contributed by atoms with Crippen LogP contribution in [-0.4, -0.2) is 75.5 Å². The van der Waals surface area contributed by atoms with Gasteiger partial charge >= 0.3 is 11.9 Å². The first-order valence-electron chi connectivity index (χ1n) is 23.7. The lowest BCUT2D eigenvalue weighted by Gasteiger charge is -2.34. The van der Waals surface area contributed by atoms with E-state index in [0.717, 1.165) is 77.0 Å². The summed E-state index contributed by atoms with van der Waals surface area (Å²) in [6, 6.07) is -0.727. The summed E-state index contributed by atoms with van der Waals surface area (Å²) in [6.07, 6.45) is 48.4. The lowest BCUT2D eigenvalue weighted by atomic mass is 10.0. The van der Waals surface area contributed by atoms with Gasteiger partial charge in [-0.25, -0.2) is 0 Å². The minimum absolute atomic E-state index is 0.0374. The van der Waals surface area contributed by atoms with E-state index in [2.05, 4.69) is 62.5 Å². The first-order chi connectivity index (χ1) is 28.1. The first kappa shape index (κ1) is 55.3. The molecule has 0 saturated carbocycles. The van der Waals surface area contributed by atoms with Gasteiger partial charge in [0.25, 0.3) is 0 Å². The first-order valence-corrected chi connectivity index (χ1v) is 23.7. The summed E-state index contributed by atoms with van der Waals surface area (Å²) in [5.41, 5.74) is 0. The minimum Gasteiger partial charge on any atom is -0.544 e. The molecule has 0 aliphatic carbocycles. The van der Waals surface area contributed by atoms with Crippen LogP contribution in [0.3, 0.4) is 0 Å². The Balaban J connectivity index is 4.31. The Kier molecular flexibility index (Phi) is 39.1. The molecule has 0 heterocycles. The Morgan fingerprint density at radius 2 is 0.966 bits per heavy atom. The zero-order chi connectivity index (χ0) is 42.8. The van der Waals surface area contributed by atoms with Gasteiger partial charge in [0.15, 0.2) is 6.10 Å². The number of carbonyl (C=O) groups excluding carboxylic acids is 3. The third-order valence-electron chi connectivity index (χ3n) is 10.5. The number of unbranched alkanes of at least 4 members (excludes halogenated alkanes) is 20. The van der Waals surface area contributed by atoms with Crippen LogP contribution in [0.1, 0.15) is 200 Å². The number of carboxylic acids is 1. The molecule has 0 aliphatic heterocycles. The van der Waals surface area contributed by atoms with E-state index in [1.165, 1.54) is 89.9 Å². The van der Waals surface area contributed by atoms with Crippen molar-refractivity contribution >= 4 is 17.9 Å². The van der Waals surface area contributed by atoms with Crippen molar-refractivity contribution in [2.45, 2.75) is 212 Å². The second kappa shape index (κ2) is 41.0. The molecule has 336 valence electrons. The highest BCUT2D eigenvalue weighted by atomic mass is 16.6. The summed E-state index contributed by atoms with van der Waals surface area (Å²) in [5.74, 6) is -1.75. The topological polar surface area (TPSA) is 102 Å². The van der Waals surface area contributed by atoms with Crippen LogP contribution in [0.25, 0.3) is 0 Å². The number of carboxylic acid groups (broad SMARTS) is 1.